The van der Waals surface area contributed by atoms with Crippen LogP contribution in [0.4, 0.5) is 42.2 Å². The quantitative estimate of drug-likeness (QED) is 0.213. The second-order valence-corrected chi connectivity index (χ2v) is 10.0. The molecular weight excluding hydrogens is 559 g/mol. The van der Waals surface area contributed by atoms with Crippen molar-refractivity contribution in [1.29, 1.82) is 0 Å². The van der Waals surface area contributed by atoms with Crippen molar-refractivity contribution in [3.63, 3.8) is 0 Å². The zero-order valence-electron chi connectivity index (χ0n) is 22.5. The number of aromatic nitrogens is 1. The van der Waals surface area contributed by atoms with Gasteiger partial charge in [-0.05, 0) is 73.9 Å². The second-order valence-electron chi connectivity index (χ2n) is 10.0. The van der Waals surface area contributed by atoms with Crippen LogP contribution in [0.2, 0.25) is 0 Å². The number of nitrogens with zero attached hydrogens (tertiary/aromatic N) is 2. The van der Waals surface area contributed by atoms with E-state index in [1.54, 1.807) is 6.92 Å². The smallest absolute Gasteiger partial charge is 0.370 e. The summed E-state index contributed by atoms with van der Waals surface area (Å²) in [4.78, 5) is 19.0. The summed E-state index contributed by atoms with van der Waals surface area (Å²) in [5.41, 5.74) is -3.99. The summed E-state index contributed by atoms with van der Waals surface area (Å²) in [5.74, 6) is -1.09. The molecule has 0 atom stereocenters. The van der Waals surface area contributed by atoms with Gasteiger partial charge < -0.3 is 20.4 Å². The number of benzene rings is 2. The number of nitrogens with one attached hydrogen (secondary N) is 1. The van der Waals surface area contributed by atoms with Gasteiger partial charge in [0.2, 0.25) is 5.91 Å². The van der Waals surface area contributed by atoms with E-state index in [1.165, 1.54) is 51.4 Å². The highest BCUT2D eigenvalue weighted by Crippen LogP contribution is 2.41. The minimum Gasteiger partial charge on any atom is -0.370 e. The Hall–Kier alpha value is -3.71. The molecule has 41 heavy (non-hydrogen) atoms. The van der Waals surface area contributed by atoms with Crippen LogP contribution in [0.3, 0.4) is 0 Å². The van der Waals surface area contributed by atoms with Gasteiger partial charge in [0.15, 0.2) is 6.29 Å². The predicted molar refractivity (Wildman–Crippen MR) is 139 cm³/mol. The largest absolute Gasteiger partial charge is 0.416 e. The van der Waals surface area contributed by atoms with Crippen LogP contribution in [-0.2, 0) is 22.6 Å². The molecule has 3 rings (SSSR count). The summed E-state index contributed by atoms with van der Waals surface area (Å²) in [6.07, 6.45) is -10.5. The van der Waals surface area contributed by atoms with Crippen molar-refractivity contribution in [2.75, 3.05) is 23.8 Å². The topological polar surface area (TPSA) is 85.7 Å². The van der Waals surface area contributed by atoms with Gasteiger partial charge in [-0.25, -0.2) is 9.37 Å². The van der Waals surface area contributed by atoms with Gasteiger partial charge in [0.25, 0.3) is 0 Å². The van der Waals surface area contributed by atoms with E-state index in [0.717, 1.165) is 4.90 Å². The highest BCUT2D eigenvalue weighted by Gasteiger charge is 2.41. The van der Waals surface area contributed by atoms with Crippen LogP contribution in [0, 0.1) is 12.7 Å². The molecule has 222 valence electrons. The number of aryl methyl sites for hydroxylation is 1. The molecule has 3 N–H and O–H groups in total. The average molecular weight is 588 g/mol. The Balaban J connectivity index is 2.11. The third-order valence-electron chi connectivity index (χ3n) is 6.58. The molecule has 1 amide bonds. The fourth-order valence-corrected chi connectivity index (χ4v) is 4.25. The molecule has 1 aromatic heterocycles. The number of anilines is 2. The molecule has 0 bridgehead atoms. The molecule has 0 aliphatic heterocycles. The number of aliphatic hydroxyl groups is 2. The maximum absolute atomic E-state index is 13.9. The third-order valence-corrected chi connectivity index (χ3v) is 6.58. The van der Waals surface area contributed by atoms with Crippen LogP contribution in [0.25, 0.3) is 11.1 Å². The lowest BCUT2D eigenvalue weighted by molar-refractivity contribution is -0.143. The summed E-state index contributed by atoms with van der Waals surface area (Å²) in [7, 11) is 1.30. The number of aliphatic hydroxyl groups excluding tert-OH is 1. The number of pyridine rings is 1. The number of amides is 1. The van der Waals surface area contributed by atoms with Gasteiger partial charge in [0.1, 0.15) is 11.6 Å². The first kappa shape index (κ1) is 31.8. The molecular formula is C28H28F7N3O3. The minimum absolute atomic E-state index is 0.00534. The number of hydrogen-bond acceptors (Lipinski definition) is 5. The molecule has 0 fully saturated rings. The molecule has 0 spiro atoms. The molecule has 0 saturated carbocycles. The number of carbonyl (C=O) groups excluding carboxylic acids is 1. The average Bonchev–Trinajstić information content (AvgIpc) is 2.86. The molecule has 0 aliphatic rings. The van der Waals surface area contributed by atoms with Crippen molar-refractivity contribution in [3.8, 4) is 11.1 Å². The molecule has 2 aromatic carbocycles. The van der Waals surface area contributed by atoms with Gasteiger partial charge in [-0.1, -0.05) is 6.07 Å². The van der Waals surface area contributed by atoms with Crippen LogP contribution in [0.5, 0.6) is 0 Å². The van der Waals surface area contributed by atoms with Crippen molar-refractivity contribution >= 4 is 17.4 Å². The van der Waals surface area contributed by atoms with Crippen LogP contribution < -0.4 is 10.2 Å². The van der Waals surface area contributed by atoms with Gasteiger partial charge in [0, 0.05) is 25.6 Å². The van der Waals surface area contributed by atoms with E-state index in [1.807, 2.05) is 0 Å². The Bertz CT molecular complexity index is 1390. The summed E-state index contributed by atoms with van der Waals surface area (Å²) in [6.45, 7) is 4.16. The Morgan fingerprint density at radius 2 is 1.49 bits per heavy atom. The first-order chi connectivity index (χ1) is 18.8. The monoisotopic (exact) mass is 587 g/mol. The van der Waals surface area contributed by atoms with Gasteiger partial charge in [-0.15, -0.1) is 0 Å². The summed E-state index contributed by atoms with van der Waals surface area (Å²) < 4.78 is 94.8. The number of alkyl halides is 6. The maximum atomic E-state index is 13.9. The van der Waals surface area contributed by atoms with Crippen LogP contribution in [-0.4, -0.2) is 41.0 Å². The minimum atomic E-state index is -5.09. The fraction of sp³-hybridized carbons (Fsp3) is 0.357. The van der Waals surface area contributed by atoms with Crippen LogP contribution >= 0.6 is 0 Å². The van der Waals surface area contributed by atoms with Crippen molar-refractivity contribution in [2.45, 2.75) is 51.2 Å². The van der Waals surface area contributed by atoms with E-state index >= 15 is 0 Å². The van der Waals surface area contributed by atoms with Crippen LogP contribution in [0.1, 0.15) is 42.5 Å². The maximum Gasteiger partial charge on any atom is 0.416 e. The predicted octanol–water partition coefficient (Wildman–Crippen LogP) is 6.29. The SMILES string of the molecule is Cc1cc(F)ccc1-c1cc(NCCC(O)O)ncc1N(C)C(=O)C(C)(C)c1cc(C(F)(F)F)cc(C(F)(F)F)c1. The molecule has 0 aliphatic carbocycles. The normalized spacial score (nSPS) is 12.5. The number of hydrogen-bond donors (Lipinski definition) is 3. The Morgan fingerprint density at radius 3 is 2.00 bits per heavy atom. The third kappa shape index (κ3) is 7.33. The molecule has 13 heteroatoms. The number of halogens is 7. The molecule has 0 unspecified atom stereocenters. The molecule has 3 aromatic rings. The Morgan fingerprint density at radius 1 is 0.927 bits per heavy atom. The summed E-state index contributed by atoms with van der Waals surface area (Å²) >= 11 is 0. The second kappa shape index (κ2) is 11.6. The lowest BCUT2D eigenvalue weighted by Gasteiger charge is -2.32. The summed E-state index contributed by atoms with van der Waals surface area (Å²) in [6, 6.07) is 6.45. The van der Waals surface area contributed by atoms with Crippen molar-refractivity contribution in [2.24, 2.45) is 0 Å². The van der Waals surface area contributed by atoms with Crippen molar-refractivity contribution in [3.05, 3.63) is 76.7 Å². The Labute approximate surface area is 231 Å². The van der Waals surface area contributed by atoms with E-state index in [2.05, 4.69) is 10.3 Å². The highest BCUT2D eigenvalue weighted by atomic mass is 19.4. The lowest BCUT2D eigenvalue weighted by atomic mass is 9.81. The molecule has 6 nitrogen and oxygen atoms in total. The first-order valence-corrected chi connectivity index (χ1v) is 12.3. The van der Waals surface area contributed by atoms with E-state index < -0.39 is 52.5 Å². The zero-order chi connectivity index (χ0) is 30.9. The molecule has 0 saturated heterocycles. The highest BCUT2D eigenvalue weighted by molar-refractivity contribution is 6.03. The number of carbonyl (C=O) groups is 1. The fourth-order valence-electron chi connectivity index (χ4n) is 4.25. The number of rotatable bonds is 8. The van der Waals surface area contributed by atoms with Gasteiger partial charge in [-0.3, -0.25) is 4.79 Å². The lowest BCUT2D eigenvalue weighted by Crippen LogP contribution is -2.42. The molecule has 0 radical (unpaired) electrons. The van der Waals surface area contributed by atoms with E-state index in [0.29, 0.717) is 28.8 Å². The standard InChI is InChI=1S/C28H28F7N3O3/c1-15-9-19(29)5-6-20(15)21-13-23(36-8-7-24(39)40)37-14-22(21)38(4)25(41)26(2,3)16-10-17(27(30,31)32)12-18(11-16)28(33,34)35/h5-6,9-14,24,39-40H,7-8H2,1-4H3,(H,36,37). The van der Waals surface area contributed by atoms with E-state index in [-0.39, 0.29) is 30.5 Å². The van der Waals surface area contributed by atoms with Crippen molar-refractivity contribution < 1.29 is 45.7 Å². The zero-order valence-corrected chi connectivity index (χ0v) is 22.5. The van der Waals surface area contributed by atoms with Gasteiger partial charge in [0.05, 0.1) is 28.4 Å². The van der Waals surface area contributed by atoms with Gasteiger partial charge in [-0.2, -0.15) is 26.3 Å². The van der Waals surface area contributed by atoms with E-state index in [9.17, 15) is 35.5 Å². The Kier molecular flexibility index (Phi) is 9.04. The first-order valence-electron chi connectivity index (χ1n) is 12.3. The molecule has 1 heterocycles. The van der Waals surface area contributed by atoms with Crippen molar-refractivity contribution in [1.82, 2.24) is 4.98 Å². The number of likely N-dealkylation sites (N-methyl/N-ethyl adjacent to an activating group) is 1. The van der Waals surface area contributed by atoms with Crippen LogP contribution in [0.15, 0.2) is 48.7 Å². The summed E-state index contributed by atoms with van der Waals surface area (Å²) in [5, 5.41) is 21.1. The van der Waals surface area contributed by atoms with E-state index in [4.69, 9.17) is 10.2 Å². The van der Waals surface area contributed by atoms with Gasteiger partial charge >= 0.3 is 12.4 Å².